The van der Waals surface area contributed by atoms with Gasteiger partial charge in [-0.2, -0.15) is 0 Å². The van der Waals surface area contributed by atoms with E-state index >= 15 is 0 Å². The molecule has 0 atom stereocenters. The number of aldehydes is 1. The normalized spacial score (nSPS) is 15.8. The number of benzene rings is 1. The second kappa shape index (κ2) is 5.38. The van der Waals surface area contributed by atoms with Crippen molar-refractivity contribution in [3.8, 4) is 0 Å². The van der Waals surface area contributed by atoms with Crippen LogP contribution in [-0.2, 0) is 11.2 Å². The van der Waals surface area contributed by atoms with Crippen LogP contribution >= 0.6 is 0 Å². The van der Waals surface area contributed by atoms with E-state index in [9.17, 15) is 4.79 Å². The van der Waals surface area contributed by atoms with Crippen LogP contribution in [0, 0.1) is 0 Å². The Bertz CT molecular complexity index is 474. The maximum Gasteiger partial charge on any atom is 0.143 e. The van der Waals surface area contributed by atoms with E-state index in [1.807, 2.05) is 6.92 Å². The number of hydrogen-bond acceptors (Lipinski definition) is 2. The maximum atomic E-state index is 10.5. The first-order valence-corrected chi connectivity index (χ1v) is 6.65. The topological polar surface area (TPSA) is 20.3 Å². The van der Waals surface area contributed by atoms with Crippen LogP contribution in [0.25, 0.3) is 5.57 Å². The first-order valence-electron chi connectivity index (χ1n) is 6.65. The zero-order valence-corrected chi connectivity index (χ0v) is 11.4. The number of aryl methyl sites for hydroxylation is 1. The van der Waals surface area contributed by atoms with Crippen molar-refractivity contribution < 1.29 is 4.79 Å². The number of fused-ring (bicyclic) bond motifs is 1. The van der Waals surface area contributed by atoms with Crippen LogP contribution in [-0.4, -0.2) is 18.9 Å². The Morgan fingerprint density at radius 2 is 2.17 bits per heavy atom. The number of carbonyl (C=O) groups is 1. The van der Waals surface area contributed by atoms with Crippen LogP contribution in [0.3, 0.4) is 0 Å². The van der Waals surface area contributed by atoms with E-state index in [0.29, 0.717) is 6.04 Å². The molecule has 2 nitrogen and oxygen atoms in total. The van der Waals surface area contributed by atoms with Gasteiger partial charge in [-0.15, -0.1) is 0 Å². The van der Waals surface area contributed by atoms with Gasteiger partial charge in [0, 0.05) is 18.3 Å². The minimum atomic E-state index is 0.543. The quantitative estimate of drug-likeness (QED) is 0.598. The second-order valence-electron chi connectivity index (χ2n) is 5.22. The lowest BCUT2D eigenvalue weighted by Gasteiger charge is -2.35. The van der Waals surface area contributed by atoms with Gasteiger partial charge < -0.3 is 4.90 Å². The average Bonchev–Trinajstić information content (AvgIpc) is 2.37. The molecule has 2 heteroatoms. The molecule has 0 aromatic heterocycles. The van der Waals surface area contributed by atoms with E-state index in [-0.39, 0.29) is 0 Å². The number of hydrogen-bond donors (Lipinski definition) is 0. The highest BCUT2D eigenvalue weighted by Crippen LogP contribution is 2.31. The largest absolute Gasteiger partial charge is 0.369 e. The van der Waals surface area contributed by atoms with E-state index in [0.717, 1.165) is 30.4 Å². The molecule has 0 amide bonds. The van der Waals surface area contributed by atoms with Crippen molar-refractivity contribution in [3.63, 3.8) is 0 Å². The number of carbonyl (C=O) groups excluding carboxylic acids is 1. The van der Waals surface area contributed by atoms with Crippen LogP contribution in [0.2, 0.25) is 0 Å². The third-order valence-corrected chi connectivity index (χ3v) is 3.63. The molecule has 2 rings (SSSR count). The van der Waals surface area contributed by atoms with E-state index < -0.39 is 0 Å². The van der Waals surface area contributed by atoms with E-state index in [4.69, 9.17) is 0 Å². The molecule has 0 N–H and O–H groups in total. The summed E-state index contributed by atoms with van der Waals surface area (Å²) >= 11 is 0. The summed E-state index contributed by atoms with van der Waals surface area (Å²) in [7, 11) is 0. The minimum absolute atomic E-state index is 0.543. The van der Waals surface area contributed by atoms with E-state index in [1.165, 1.54) is 17.7 Å². The summed E-state index contributed by atoms with van der Waals surface area (Å²) in [5, 5.41) is 0. The van der Waals surface area contributed by atoms with Crippen molar-refractivity contribution in [2.45, 2.75) is 39.7 Å². The molecular formula is C16H21NO. The molecule has 18 heavy (non-hydrogen) atoms. The third-order valence-electron chi connectivity index (χ3n) is 3.63. The Kier molecular flexibility index (Phi) is 3.85. The van der Waals surface area contributed by atoms with Gasteiger partial charge in [0.25, 0.3) is 0 Å². The van der Waals surface area contributed by atoms with Gasteiger partial charge in [0.05, 0.1) is 0 Å². The lowest BCUT2D eigenvalue weighted by atomic mass is 9.96. The molecule has 1 aromatic rings. The summed E-state index contributed by atoms with van der Waals surface area (Å²) in [5.41, 5.74) is 4.96. The molecule has 1 aliphatic rings. The van der Waals surface area contributed by atoms with Gasteiger partial charge in [-0.25, -0.2) is 0 Å². The van der Waals surface area contributed by atoms with E-state index in [2.05, 4.69) is 36.9 Å². The Hall–Kier alpha value is -1.57. The van der Waals surface area contributed by atoms with Gasteiger partial charge in [-0.3, -0.25) is 4.79 Å². The zero-order valence-electron chi connectivity index (χ0n) is 11.4. The molecule has 1 heterocycles. The summed E-state index contributed by atoms with van der Waals surface area (Å²) in [6.45, 7) is 7.60. The van der Waals surface area contributed by atoms with Crippen molar-refractivity contribution in [2.75, 3.05) is 11.4 Å². The third kappa shape index (κ3) is 2.47. The molecule has 1 aromatic carbocycles. The first-order chi connectivity index (χ1) is 8.63. The fraction of sp³-hybridized carbons (Fsp3) is 0.438. The predicted molar refractivity (Wildman–Crippen MR) is 77.0 cm³/mol. The molecule has 0 radical (unpaired) electrons. The number of allylic oxidation sites excluding steroid dienone is 2. The van der Waals surface area contributed by atoms with Crippen LogP contribution in [0.15, 0.2) is 24.3 Å². The van der Waals surface area contributed by atoms with Gasteiger partial charge in [-0.1, -0.05) is 6.07 Å². The molecule has 0 bridgehead atoms. The lowest BCUT2D eigenvalue weighted by molar-refractivity contribution is -0.104. The molecule has 0 aliphatic carbocycles. The zero-order chi connectivity index (χ0) is 13.1. The predicted octanol–water partition coefficient (Wildman–Crippen LogP) is 3.45. The highest BCUT2D eigenvalue weighted by atomic mass is 16.1. The van der Waals surface area contributed by atoms with Crippen molar-refractivity contribution in [2.24, 2.45) is 0 Å². The van der Waals surface area contributed by atoms with Crippen molar-refractivity contribution in [3.05, 3.63) is 35.4 Å². The lowest BCUT2D eigenvalue weighted by Crippen LogP contribution is -2.35. The fourth-order valence-electron chi connectivity index (χ4n) is 2.61. The molecule has 0 fully saturated rings. The smallest absolute Gasteiger partial charge is 0.143 e. The van der Waals surface area contributed by atoms with Crippen LogP contribution in [0.5, 0.6) is 0 Å². The van der Waals surface area contributed by atoms with Gasteiger partial charge in [0.1, 0.15) is 6.29 Å². The molecular weight excluding hydrogens is 222 g/mol. The maximum absolute atomic E-state index is 10.5. The number of rotatable bonds is 3. The van der Waals surface area contributed by atoms with Gasteiger partial charge in [0.15, 0.2) is 0 Å². The van der Waals surface area contributed by atoms with Crippen molar-refractivity contribution in [1.82, 2.24) is 0 Å². The van der Waals surface area contributed by atoms with Gasteiger partial charge >= 0.3 is 0 Å². The van der Waals surface area contributed by atoms with E-state index in [1.54, 1.807) is 6.08 Å². The van der Waals surface area contributed by atoms with Crippen LogP contribution in [0.1, 0.15) is 38.3 Å². The fourth-order valence-corrected chi connectivity index (χ4v) is 2.61. The van der Waals surface area contributed by atoms with Crippen LogP contribution in [0.4, 0.5) is 5.69 Å². The first kappa shape index (κ1) is 12.9. The Balaban J connectivity index is 2.38. The summed E-state index contributed by atoms with van der Waals surface area (Å²) in [6.07, 6.45) is 4.84. The Morgan fingerprint density at radius 1 is 1.39 bits per heavy atom. The molecule has 0 saturated carbocycles. The number of nitrogens with zero attached hydrogens (tertiary/aromatic N) is 1. The average molecular weight is 243 g/mol. The summed E-state index contributed by atoms with van der Waals surface area (Å²) in [5.74, 6) is 0. The van der Waals surface area contributed by atoms with Crippen molar-refractivity contribution in [1.29, 1.82) is 0 Å². The Morgan fingerprint density at radius 3 is 2.83 bits per heavy atom. The standard InChI is InChI=1S/C16H21NO/c1-12(2)17-9-4-5-15-11-14(6-7-16(15)17)13(3)8-10-18/h6-8,10-12H,4-5,9H2,1-3H3/b13-8+. The molecule has 96 valence electrons. The summed E-state index contributed by atoms with van der Waals surface area (Å²) in [6, 6.07) is 7.10. The number of anilines is 1. The van der Waals surface area contributed by atoms with Gasteiger partial charge in [0.2, 0.25) is 0 Å². The monoisotopic (exact) mass is 243 g/mol. The van der Waals surface area contributed by atoms with Gasteiger partial charge in [-0.05, 0) is 68.5 Å². The molecule has 0 saturated heterocycles. The summed E-state index contributed by atoms with van der Waals surface area (Å²) < 4.78 is 0. The minimum Gasteiger partial charge on any atom is -0.369 e. The highest BCUT2D eigenvalue weighted by molar-refractivity contribution is 5.81. The SMILES string of the molecule is C/C(=C\C=O)c1ccc2c(c1)CCCN2C(C)C. The molecule has 0 spiro atoms. The second-order valence-corrected chi connectivity index (χ2v) is 5.22. The van der Waals surface area contributed by atoms with Crippen molar-refractivity contribution >= 4 is 17.5 Å². The highest BCUT2D eigenvalue weighted by Gasteiger charge is 2.19. The summed E-state index contributed by atoms with van der Waals surface area (Å²) in [4.78, 5) is 13.0. The van der Waals surface area contributed by atoms with Crippen LogP contribution < -0.4 is 4.90 Å². The Labute approximate surface area is 109 Å². The molecule has 1 aliphatic heterocycles. The molecule has 0 unspecified atom stereocenters.